The van der Waals surface area contributed by atoms with E-state index in [-0.39, 0.29) is 0 Å². The number of rotatable bonds is 3. The topological polar surface area (TPSA) is 52.1 Å². The minimum absolute atomic E-state index is 0.506. The molecule has 0 radical (unpaired) electrons. The lowest BCUT2D eigenvalue weighted by Gasteiger charge is -2.19. The lowest BCUT2D eigenvalue weighted by Crippen LogP contribution is -2.15. The van der Waals surface area contributed by atoms with Crippen LogP contribution in [0, 0.1) is 4.77 Å². The molecule has 0 bridgehead atoms. The van der Waals surface area contributed by atoms with Crippen LogP contribution in [0.25, 0.3) is 5.69 Å². The van der Waals surface area contributed by atoms with E-state index in [0.29, 0.717) is 40.2 Å². The summed E-state index contributed by atoms with van der Waals surface area (Å²) in [5, 5.41) is 8.23. The second-order valence-corrected chi connectivity index (χ2v) is 6.73. The van der Waals surface area contributed by atoms with Crippen molar-refractivity contribution >= 4 is 35.4 Å². The number of nitrogens with zero attached hydrogens (tertiary/aromatic N) is 2. The van der Waals surface area contributed by atoms with Gasteiger partial charge in [0, 0.05) is 12.5 Å². The van der Waals surface area contributed by atoms with E-state index in [4.69, 9.17) is 44.9 Å². The Hall–Kier alpha value is -2.02. The summed E-state index contributed by atoms with van der Waals surface area (Å²) >= 11 is 17.5. The van der Waals surface area contributed by atoms with Crippen molar-refractivity contribution in [2.24, 2.45) is 0 Å². The summed E-state index contributed by atoms with van der Waals surface area (Å²) in [6.45, 7) is 1.09. The van der Waals surface area contributed by atoms with Crippen LogP contribution >= 0.6 is 35.4 Å². The van der Waals surface area contributed by atoms with Crippen molar-refractivity contribution in [3.05, 3.63) is 62.6 Å². The highest BCUT2D eigenvalue weighted by Crippen LogP contribution is 2.32. The van der Waals surface area contributed by atoms with Crippen LogP contribution in [-0.2, 0) is 6.42 Å². The molecule has 1 N–H and O–H groups in total. The summed E-state index contributed by atoms with van der Waals surface area (Å²) < 4.78 is 13.6. The number of benzene rings is 2. The molecule has 0 unspecified atom stereocenters. The predicted molar refractivity (Wildman–Crippen MR) is 99.0 cm³/mol. The summed E-state index contributed by atoms with van der Waals surface area (Å²) in [6.07, 6.45) is 0.554. The van der Waals surface area contributed by atoms with Crippen LogP contribution in [0.1, 0.15) is 11.4 Å². The van der Waals surface area contributed by atoms with Gasteiger partial charge in [-0.15, -0.1) is 0 Å². The highest BCUT2D eigenvalue weighted by Gasteiger charge is 2.15. The van der Waals surface area contributed by atoms with Crippen molar-refractivity contribution in [3.8, 4) is 17.2 Å². The first-order valence-corrected chi connectivity index (χ1v) is 8.78. The fourth-order valence-corrected chi connectivity index (χ4v) is 3.29. The van der Waals surface area contributed by atoms with Crippen LogP contribution in [0.5, 0.6) is 11.5 Å². The maximum Gasteiger partial charge on any atom is 0.199 e. The fraction of sp³-hybridized carbons (Fsp3) is 0.176. The highest BCUT2D eigenvalue weighted by molar-refractivity contribution is 7.71. The van der Waals surface area contributed by atoms with Crippen molar-refractivity contribution in [3.63, 3.8) is 0 Å². The summed E-state index contributed by atoms with van der Waals surface area (Å²) in [5.74, 6) is 2.20. The van der Waals surface area contributed by atoms with E-state index in [1.807, 2.05) is 34.9 Å². The first-order chi connectivity index (χ1) is 12.1. The molecule has 0 aliphatic carbocycles. The summed E-state index contributed by atoms with van der Waals surface area (Å²) in [4.78, 5) is 0. The smallest absolute Gasteiger partial charge is 0.199 e. The number of fused-ring (bicyclic) bond motifs is 1. The van der Waals surface area contributed by atoms with Crippen molar-refractivity contribution in [1.29, 1.82) is 0 Å². The van der Waals surface area contributed by atoms with Crippen molar-refractivity contribution in [1.82, 2.24) is 14.8 Å². The lowest BCUT2D eigenvalue weighted by molar-refractivity contribution is 0.171. The van der Waals surface area contributed by atoms with E-state index in [0.717, 1.165) is 22.8 Å². The molecule has 8 heteroatoms. The molecular weight excluding hydrogens is 381 g/mol. The second kappa shape index (κ2) is 6.71. The summed E-state index contributed by atoms with van der Waals surface area (Å²) in [7, 11) is 0. The monoisotopic (exact) mass is 393 g/mol. The van der Waals surface area contributed by atoms with E-state index in [1.54, 1.807) is 6.07 Å². The van der Waals surface area contributed by atoms with Gasteiger partial charge < -0.3 is 9.47 Å². The lowest BCUT2D eigenvalue weighted by atomic mass is 10.1. The Morgan fingerprint density at radius 3 is 2.64 bits per heavy atom. The third kappa shape index (κ3) is 3.25. The molecule has 4 rings (SSSR count). The maximum absolute atomic E-state index is 6.10. The SMILES string of the molecule is S=c1[nH]nc(Cc2ccc(Cl)c(Cl)c2)n1-c1ccc2c(c1)OCCO2. The highest BCUT2D eigenvalue weighted by atomic mass is 35.5. The summed E-state index contributed by atoms with van der Waals surface area (Å²) in [5.41, 5.74) is 1.85. The average molecular weight is 394 g/mol. The van der Waals surface area contributed by atoms with E-state index >= 15 is 0 Å². The van der Waals surface area contributed by atoms with Gasteiger partial charge in [0.05, 0.1) is 15.7 Å². The van der Waals surface area contributed by atoms with Crippen LogP contribution in [0.2, 0.25) is 10.0 Å². The number of H-pyrrole nitrogens is 1. The molecule has 0 amide bonds. The largest absolute Gasteiger partial charge is 0.486 e. The quantitative estimate of drug-likeness (QED) is 0.660. The molecule has 2 aromatic carbocycles. The van der Waals surface area contributed by atoms with Gasteiger partial charge in [-0.2, -0.15) is 5.10 Å². The Kier molecular flexibility index (Phi) is 4.41. The third-order valence-corrected chi connectivity index (χ3v) is 4.88. The Labute approximate surface area is 159 Å². The second-order valence-electron chi connectivity index (χ2n) is 5.53. The first-order valence-electron chi connectivity index (χ1n) is 7.62. The summed E-state index contributed by atoms with van der Waals surface area (Å²) in [6, 6.07) is 11.2. The van der Waals surface area contributed by atoms with Crippen LogP contribution in [-0.4, -0.2) is 28.0 Å². The molecule has 25 heavy (non-hydrogen) atoms. The third-order valence-electron chi connectivity index (χ3n) is 3.87. The van der Waals surface area contributed by atoms with Gasteiger partial charge >= 0.3 is 0 Å². The van der Waals surface area contributed by atoms with Crippen molar-refractivity contribution in [2.45, 2.75) is 6.42 Å². The zero-order valence-corrected chi connectivity index (χ0v) is 15.3. The minimum Gasteiger partial charge on any atom is -0.486 e. The van der Waals surface area contributed by atoms with Gasteiger partial charge in [0.2, 0.25) is 0 Å². The van der Waals surface area contributed by atoms with Crippen molar-refractivity contribution < 1.29 is 9.47 Å². The maximum atomic E-state index is 6.10. The Morgan fingerprint density at radius 1 is 1.04 bits per heavy atom. The molecule has 3 aromatic rings. The average Bonchev–Trinajstić information content (AvgIpc) is 2.98. The Bertz CT molecular complexity index is 1000. The predicted octanol–water partition coefficient (Wildman–Crippen LogP) is 4.60. The molecule has 1 aliphatic rings. The molecule has 0 fully saturated rings. The number of aromatic nitrogens is 3. The van der Waals surface area contributed by atoms with Crippen LogP contribution < -0.4 is 9.47 Å². The fourth-order valence-electron chi connectivity index (χ4n) is 2.72. The number of halogens is 2. The van der Waals surface area contributed by atoms with Crippen LogP contribution in [0.15, 0.2) is 36.4 Å². The van der Waals surface area contributed by atoms with Gasteiger partial charge in [-0.05, 0) is 42.0 Å². The number of ether oxygens (including phenoxy) is 2. The van der Waals surface area contributed by atoms with Crippen LogP contribution in [0.4, 0.5) is 0 Å². The number of hydrogen-bond donors (Lipinski definition) is 1. The molecule has 1 aromatic heterocycles. The van der Waals surface area contributed by atoms with Gasteiger partial charge in [0.1, 0.15) is 19.0 Å². The molecule has 0 saturated carbocycles. The number of aromatic amines is 1. The van der Waals surface area contributed by atoms with E-state index < -0.39 is 0 Å². The van der Waals surface area contributed by atoms with Crippen molar-refractivity contribution in [2.75, 3.05) is 13.2 Å². The van der Waals surface area contributed by atoms with Gasteiger partial charge in [-0.3, -0.25) is 9.67 Å². The Balaban J connectivity index is 1.72. The normalized spacial score (nSPS) is 13.0. The van der Waals surface area contributed by atoms with Gasteiger partial charge in [-0.1, -0.05) is 29.3 Å². The van der Waals surface area contributed by atoms with Gasteiger partial charge in [0.25, 0.3) is 0 Å². The minimum atomic E-state index is 0.506. The van der Waals surface area contributed by atoms with Gasteiger partial charge in [-0.25, -0.2) is 0 Å². The van der Waals surface area contributed by atoms with E-state index in [1.165, 1.54) is 0 Å². The van der Waals surface area contributed by atoms with E-state index in [9.17, 15) is 0 Å². The molecule has 0 spiro atoms. The van der Waals surface area contributed by atoms with Gasteiger partial charge in [0.15, 0.2) is 16.3 Å². The molecule has 0 saturated heterocycles. The number of hydrogen-bond acceptors (Lipinski definition) is 4. The Morgan fingerprint density at radius 2 is 1.84 bits per heavy atom. The molecular formula is C17H13Cl2N3O2S. The standard InChI is InChI=1S/C17H13Cl2N3O2S/c18-12-3-1-10(7-13(12)19)8-16-20-21-17(25)22(16)11-2-4-14-15(9-11)24-6-5-23-14/h1-4,7,9H,5-6,8H2,(H,21,25). The van der Waals surface area contributed by atoms with E-state index in [2.05, 4.69) is 10.2 Å². The molecule has 128 valence electrons. The molecule has 1 aliphatic heterocycles. The molecule has 2 heterocycles. The first kappa shape index (κ1) is 16.4. The zero-order chi connectivity index (χ0) is 17.4. The molecule has 0 atom stereocenters. The number of nitrogens with one attached hydrogen (secondary N) is 1. The zero-order valence-electron chi connectivity index (χ0n) is 13.0. The molecule has 5 nitrogen and oxygen atoms in total. The van der Waals surface area contributed by atoms with Crippen LogP contribution in [0.3, 0.4) is 0 Å².